The summed E-state index contributed by atoms with van der Waals surface area (Å²) in [5, 5.41) is 0.195. The first-order valence-electron chi connectivity index (χ1n) is 5.33. The van der Waals surface area contributed by atoms with Crippen molar-refractivity contribution in [3.63, 3.8) is 0 Å². The molecule has 16 heavy (non-hydrogen) atoms. The lowest BCUT2D eigenvalue weighted by Crippen LogP contribution is -2.29. The second kappa shape index (κ2) is 5.48. The molecule has 0 aromatic heterocycles. The van der Waals surface area contributed by atoms with Crippen LogP contribution < -0.4 is 0 Å². The van der Waals surface area contributed by atoms with Crippen LogP contribution in [0.2, 0.25) is 5.02 Å². The second-order valence-corrected chi connectivity index (χ2v) is 5.64. The van der Waals surface area contributed by atoms with Crippen molar-refractivity contribution in [3.8, 4) is 0 Å². The molecule has 1 saturated heterocycles. The molecule has 1 aromatic carbocycles. The first-order valence-corrected chi connectivity index (χ1v) is 6.62. The van der Waals surface area contributed by atoms with Crippen molar-refractivity contribution in [2.45, 2.75) is 17.7 Å². The van der Waals surface area contributed by atoms with Crippen LogP contribution in [-0.4, -0.2) is 18.0 Å². The number of rotatable bonds is 2. The van der Waals surface area contributed by atoms with E-state index >= 15 is 0 Å². The van der Waals surface area contributed by atoms with Gasteiger partial charge in [0.1, 0.15) is 5.82 Å². The van der Waals surface area contributed by atoms with Gasteiger partial charge in [-0.1, -0.05) is 39.7 Å². The van der Waals surface area contributed by atoms with Crippen molar-refractivity contribution >= 4 is 27.5 Å². The molecule has 1 nitrogen and oxygen atoms in total. The number of hydrogen-bond donors (Lipinski definition) is 0. The highest BCUT2D eigenvalue weighted by Crippen LogP contribution is 2.28. The molecule has 1 aromatic rings. The Bertz CT molecular complexity index is 372. The van der Waals surface area contributed by atoms with Crippen LogP contribution >= 0.6 is 27.5 Å². The first-order chi connectivity index (χ1) is 7.68. The van der Waals surface area contributed by atoms with Gasteiger partial charge in [0.15, 0.2) is 0 Å². The summed E-state index contributed by atoms with van der Waals surface area (Å²) in [6.07, 6.45) is 1.65. The standard InChI is InChI=1S/C12H13BrClFO/c13-10-4-5-16-7-9(10)6-8-2-1-3-11(14)12(8)15/h1-3,9-10H,4-7H2. The Kier molecular flexibility index (Phi) is 4.22. The predicted octanol–water partition coefficient (Wildman–Crippen LogP) is 3.82. The number of benzene rings is 1. The molecular formula is C12H13BrClFO. The van der Waals surface area contributed by atoms with Gasteiger partial charge in [-0.05, 0) is 30.4 Å². The van der Waals surface area contributed by atoms with Crippen LogP contribution in [0.5, 0.6) is 0 Å². The van der Waals surface area contributed by atoms with Crippen molar-refractivity contribution in [1.82, 2.24) is 0 Å². The summed E-state index contributed by atoms with van der Waals surface area (Å²) >= 11 is 9.37. The van der Waals surface area contributed by atoms with E-state index in [9.17, 15) is 4.39 Å². The van der Waals surface area contributed by atoms with Gasteiger partial charge < -0.3 is 4.74 Å². The average Bonchev–Trinajstić information content (AvgIpc) is 2.28. The Morgan fingerprint density at radius 3 is 3.06 bits per heavy atom. The number of alkyl halides is 1. The lowest BCUT2D eigenvalue weighted by molar-refractivity contribution is 0.0603. The zero-order chi connectivity index (χ0) is 11.5. The maximum absolute atomic E-state index is 13.7. The fraction of sp³-hybridized carbons (Fsp3) is 0.500. The van der Waals surface area contributed by atoms with Crippen molar-refractivity contribution < 1.29 is 9.13 Å². The van der Waals surface area contributed by atoms with Gasteiger partial charge in [-0.2, -0.15) is 0 Å². The molecule has 0 saturated carbocycles. The highest BCUT2D eigenvalue weighted by molar-refractivity contribution is 9.09. The van der Waals surface area contributed by atoms with Crippen LogP contribution in [0.3, 0.4) is 0 Å². The maximum atomic E-state index is 13.7. The highest BCUT2D eigenvalue weighted by Gasteiger charge is 2.24. The van der Waals surface area contributed by atoms with Crippen LogP contribution in [0, 0.1) is 11.7 Å². The minimum Gasteiger partial charge on any atom is -0.381 e. The molecule has 4 heteroatoms. The van der Waals surface area contributed by atoms with Crippen LogP contribution in [0.25, 0.3) is 0 Å². The number of hydrogen-bond acceptors (Lipinski definition) is 1. The molecule has 0 N–H and O–H groups in total. The summed E-state index contributed by atoms with van der Waals surface area (Å²) < 4.78 is 19.1. The smallest absolute Gasteiger partial charge is 0.144 e. The predicted molar refractivity (Wildman–Crippen MR) is 66.8 cm³/mol. The van der Waals surface area contributed by atoms with Crippen LogP contribution in [0.4, 0.5) is 4.39 Å². The average molecular weight is 308 g/mol. The molecule has 1 aliphatic rings. The number of halogens is 3. The Labute approximate surface area is 108 Å². The summed E-state index contributed by atoms with van der Waals surface area (Å²) in [4.78, 5) is 0.402. The minimum atomic E-state index is -0.297. The quantitative estimate of drug-likeness (QED) is 0.755. The topological polar surface area (TPSA) is 9.23 Å². The van der Waals surface area contributed by atoms with Crippen molar-refractivity contribution in [2.24, 2.45) is 5.92 Å². The van der Waals surface area contributed by atoms with E-state index in [1.54, 1.807) is 18.2 Å². The van der Waals surface area contributed by atoms with Gasteiger partial charge in [0.2, 0.25) is 0 Å². The van der Waals surface area contributed by atoms with E-state index in [1.807, 2.05) is 0 Å². The molecule has 2 rings (SSSR count). The fourth-order valence-corrected chi connectivity index (χ4v) is 2.67. The van der Waals surface area contributed by atoms with E-state index in [-0.39, 0.29) is 10.8 Å². The highest BCUT2D eigenvalue weighted by atomic mass is 79.9. The van der Waals surface area contributed by atoms with Gasteiger partial charge in [-0.15, -0.1) is 0 Å². The Hall–Kier alpha value is -0.120. The summed E-state index contributed by atoms with van der Waals surface area (Å²) in [7, 11) is 0. The molecule has 1 fully saturated rings. The molecule has 88 valence electrons. The third-order valence-electron chi connectivity index (χ3n) is 2.90. The van der Waals surface area contributed by atoms with E-state index in [4.69, 9.17) is 16.3 Å². The summed E-state index contributed by atoms with van der Waals surface area (Å²) in [6, 6.07) is 5.15. The molecule has 1 aliphatic heterocycles. The van der Waals surface area contributed by atoms with E-state index in [0.717, 1.165) is 13.0 Å². The van der Waals surface area contributed by atoms with Crippen molar-refractivity contribution in [1.29, 1.82) is 0 Å². The summed E-state index contributed by atoms with van der Waals surface area (Å²) in [5.41, 5.74) is 0.674. The van der Waals surface area contributed by atoms with Crippen LogP contribution in [-0.2, 0) is 11.2 Å². The molecule has 0 spiro atoms. The van der Waals surface area contributed by atoms with Gasteiger partial charge in [-0.3, -0.25) is 0 Å². The lowest BCUT2D eigenvalue weighted by atomic mass is 9.94. The monoisotopic (exact) mass is 306 g/mol. The Morgan fingerprint density at radius 1 is 1.50 bits per heavy atom. The molecule has 0 amide bonds. The summed E-state index contributed by atoms with van der Waals surface area (Å²) in [6.45, 7) is 1.46. The number of ether oxygens (including phenoxy) is 1. The molecule has 2 unspecified atom stereocenters. The Morgan fingerprint density at radius 2 is 2.31 bits per heavy atom. The molecule has 0 bridgehead atoms. The zero-order valence-electron chi connectivity index (χ0n) is 8.76. The molecule has 0 aliphatic carbocycles. The van der Waals surface area contributed by atoms with Gasteiger partial charge >= 0.3 is 0 Å². The molecular weight excluding hydrogens is 294 g/mol. The fourth-order valence-electron chi connectivity index (χ4n) is 1.95. The molecule has 0 radical (unpaired) electrons. The molecule has 2 atom stereocenters. The minimum absolute atomic E-state index is 0.195. The second-order valence-electron chi connectivity index (χ2n) is 4.06. The van der Waals surface area contributed by atoms with Crippen molar-refractivity contribution in [3.05, 3.63) is 34.6 Å². The normalized spacial score (nSPS) is 25.7. The zero-order valence-corrected chi connectivity index (χ0v) is 11.1. The van der Waals surface area contributed by atoms with Gasteiger partial charge in [0, 0.05) is 11.4 Å². The maximum Gasteiger partial charge on any atom is 0.144 e. The van der Waals surface area contributed by atoms with E-state index < -0.39 is 0 Å². The van der Waals surface area contributed by atoms with Gasteiger partial charge in [0.05, 0.1) is 11.6 Å². The third-order valence-corrected chi connectivity index (χ3v) is 4.39. The van der Waals surface area contributed by atoms with Gasteiger partial charge in [0.25, 0.3) is 0 Å². The Balaban J connectivity index is 2.10. The van der Waals surface area contributed by atoms with E-state index in [1.165, 1.54) is 0 Å². The third kappa shape index (κ3) is 2.76. The van der Waals surface area contributed by atoms with E-state index in [0.29, 0.717) is 29.3 Å². The van der Waals surface area contributed by atoms with Crippen LogP contribution in [0.15, 0.2) is 18.2 Å². The SMILES string of the molecule is Fc1c(Cl)cccc1CC1COCCC1Br. The summed E-state index contributed by atoms with van der Waals surface area (Å²) in [5.74, 6) is 0.0242. The molecule has 1 heterocycles. The van der Waals surface area contributed by atoms with E-state index in [2.05, 4.69) is 15.9 Å². The van der Waals surface area contributed by atoms with Crippen molar-refractivity contribution in [2.75, 3.05) is 13.2 Å². The van der Waals surface area contributed by atoms with Gasteiger partial charge in [-0.25, -0.2) is 4.39 Å². The van der Waals surface area contributed by atoms with Crippen LogP contribution in [0.1, 0.15) is 12.0 Å². The largest absolute Gasteiger partial charge is 0.381 e. The first kappa shape index (κ1) is 12.3. The lowest BCUT2D eigenvalue weighted by Gasteiger charge is -2.27.